The van der Waals surface area contributed by atoms with Crippen LogP contribution < -0.4 is 10.1 Å². The van der Waals surface area contributed by atoms with Crippen molar-refractivity contribution in [2.75, 3.05) is 19.4 Å². The fraction of sp³-hybridized carbons (Fsp3) is 0.625. The zero-order valence-corrected chi connectivity index (χ0v) is 13.5. The van der Waals surface area contributed by atoms with E-state index >= 15 is 0 Å². The van der Waals surface area contributed by atoms with Crippen LogP contribution in [0.25, 0.3) is 0 Å². The summed E-state index contributed by atoms with van der Waals surface area (Å²) in [6.07, 6.45) is 4.63. The Bertz CT molecular complexity index is 338. The van der Waals surface area contributed by atoms with Gasteiger partial charge < -0.3 is 10.1 Å². The number of ether oxygens (including phenoxy) is 1. The fourth-order valence-corrected chi connectivity index (χ4v) is 2.99. The van der Waals surface area contributed by atoms with Gasteiger partial charge in [-0.15, -0.1) is 0 Å². The molecule has 0 amide bonds. The summed E-state index contributed by atoms with van der Waals surface area (Å²) in [4.78, 5) is 0. The van der Waals surface area contributed by atoms with Crippen molar-refractivity contribution in [1.29, 1.82) is 0 Å². The molecule has 108 valence electrons. The van der Waals surface area contributed by atoms with Crippen LogP contribution in [-0.4, -0.2) is 24.2 Å². The Morgan fingerprint density at radius 1 is 1.11 bits per heavy atom. The Morgan fingerprint density at radius 3 is 2.21 bits per heavy atom. The molecule has 0 unspecified atom stereocenters. The van der Waals surface area contributed by atoms with Crippen molar-refractivity contribution in [1.82, 2.24) is 5.32 Å². The molecular weight excluding hydrogens is 254 g/mol. The van der Waals surface area contributed by atoms with Gasteiger partial charge >= 0.3 is 0 Å². The summed E-state index contributed by atoms with van der Waals surface area (Å²) < 4.78 is 5.83. The second kappa shape index (κ2) is 8.49. The number of hydrogen-bond acceptors (Lipinski definition) is 3. The van der Waals surface area contributed by atoms with Gasteiger partial charge in [-0.3, -0.25) is 0 Å². The molecule has 0 heterocycles. The van der Waals surface area contributed by atoms with E-state index in [0.29, 0.717) is 4.75 Å². The standard InChI is InChI=1S/C16H27NOS/c1-5-16(6-2,19-4)13-17-12-14-8-10-15(11-9-14)18-7-3/h8-11,17H,5-7,12-13H2,1-4H3. The van der Waals surface area contributed by atoms with Gasteiger partial charge in [0.05, 0.1) is 6.61 Å². The van der Waals surface area contributed by atoms with Gasteiger partial charge in [-0.05, 0) is 43.7 Å². The Morgan fingerprint density at radius 2 is 1.74 bits per heavy atom. The predicted octanol–water partition coefficient (Wildman–Crippen LogP) is 4.10. The maximum atomic E-state index is 5.45. The van der Waals surface area contributed by atoms with Gasteiger partial charge in [0.1, 0.15) is 5.75 Å². The van der Waals surface area contributed by atoms with Crippen LogP contribution in [0, 0.1) is 0 Å². The molecule has 0 spiro atoms. The molecular formula is C16H27NOS. The van der Waals surface area contributed by atoms with Crippen molar-refractivity contribution in [3.63, 3.8) is 0 Å². The number of nitrogens with one attached hydrogen (secondary N) is 1. The molecule has 0 aliphatic rings. The second-order valence-corrected chi connectivity index (χ2v) is 6.05. The molecule has 0 aromatic heterocycles. The molecule has 1 aromatic carbocycles. The molecule has 0 atom stereocenters. The van der Waals surface area contributed by atoms with Crippen LogP contribution in [0.2, 0.25) is 0 Å². The van der Waals surface area contributed by atoms with E-state index in [1.165, 1.54) is 18.4 Å². The van der Waals surface area contributed by atoms with Gasteiger partial charge in [0.25, 0.3) is 0 Å². The molecule has 0 radical (unpaired) electrons. The van der Waals surface area contributed by atoms with Crippen LogP contribution in [0.15, 0.2) is 24.3 Å². The minimum absolute atomic E-state index is 0.380. The van der Waals surface area contributed by atoms with Crippen molar-refractivity contribution >= 4 is 11.8 Å². The van der Waals surface area contributed by atoms with Gasteiger partial charge in [0.2, 0.25) is 0 Å². The van der Waals surface area contributed by atoms with E-state index in [4.69, 9.17) is 4.74 Å². The Kier molecular flexibility index (Phi) is 7.32. The SMILES string of the molecule is CCOc1ccc(CNCC(CC)(CC)SC)cc1. The lowest BCUT2D eigenvalue weighted by Gasteiger charge is -2.30. The van der Waals surface area contributed by atoms with Crippen LogP contribution in [0.4, 0.5) is 0 Å². The summed E-state index contributed by atoms with van der Waals surface area (Å²) in [6.45, 7) is 9.27. The molecule has 2 nitrogen and oxygen atoms in total. The lowest BCUT2D eigenvalue weighted by atomic mass is 10.0. The van der Waals surface area contributed by atoms with Crippen LogP contribution >= 0.6 is 11.8 Å². The highest BCUT2D eigenvalue weighted by molar-refractivity contribution is 8.00. The molecule has 0 bridgehead atoms. The van der Waals surface area contributed by atoms with Gasteiger partial charge in [0.15, 0.2) is 0 Å². The third-order valence-corrected chi connectivity index (χ3v) is 5.32. The molecule has 1 aromatic rings. The summed E-state index contributed by atoms with van der Waals surface area (Å²) >= 11 is 1.98. The average molecular weight is 281 g/mol. The lowest BCUT2D eigenvalue weighted by Crippen LogP contribution is -2.36. The topological polar surface area (TPSA) is 21.3 Å². The largest absolute Gasteiger partial charge is 0.494 e. The maximum absolute atomic E-state index is 5.45. The second-order valence-electron chi connectivity index (χ2n) is 4.77. The Hall–Kier alpha value is -0.670. The first-order valence-corrected chi connectivity index (χ1v) is 8.39. The van der Waals surface area contributed by atoms with E-state index in [2.05, 4.69) is 37.6 Å². The van der Waals surface area contributed by atoms with Crippen molar-refractivity contribution in [3.8, 4) is 5.75 Å². The first-order chi connectivity index (χ1) is 9.19. The summed E-state index contributed by atoms with van der Waals surface area (Å²) in [5.74, 6) is 0.951. The van der Waals surface area contributed by atoms with Crippen LogP contribution in [0.1, 0.15) is 39.2 Å². The van der Waals surface area contributed by atoms with E-state index in [-0.39, 0.29) is 0 Å². The molecule has 0 saturated carbocycles. The van der Waals surface area contributed by atoms with Gasteiger partial charge in [-0.2, -0.15) is 11.8 Å². The van der Waals surface area contributed by atoms with Gasteiger partial charge in [-0.1, -0.05) is 26.0 Å². The third kappa shape index (κ3) is 5.07. The minimum atomic E-state index is 0.380. The molecule has 3 heteroatoms. The van der Waals surface area contributed by atoms with Gasteiger partial charge in [-0.25, -0.2) is 0 Å². The highest BCUT2D eigenvalue weighted by Crippen LogP contribution is 2.29. The van der Waals surface area contributed by atoms with Crippen molar-refractivity contribution in [2.45, 2.75) is 44.9 Å². The first kappa shape index (κ1) is 16.4. The van der Waals surface area contributed by atoms with Crippen molar-refractivity contribution in [2.24, 2.45) is 0 Å². The summed E-state index contributed by atoms with van der Waals surface area (Å²) in [6, 6.07) is 8.36. The summed E-state index contributed by atoms with van der Waals surface area (Å²) in [5.41, 5.74) is 1.31. The predicted molar refractivity (Wildman–Crippen MR) is 86.1 cm³/mol. The fourth-order valence-electron chi connectivity index (χ4n) is 2.17. The van der Waals surface area contributed by atoms with E-state index in [1.54, 1.807) is 0 Å². The monoisotopic (exact) mass is 281 g/mol. The van der Waals surface area contributed by atoms with Gasteiger partial charge in [0, 0.05) is 17.8 Å². The minimum Gasteiger partial charge on any atom is -0.494 e. The van der Waals surface area contributed by atoms with E-state index in [9.17, 15) is 0 Å². The maximum Gasteiger partial charge on any atom is 0.119 e. The lowest BCUT2D eigenvalue weighted by molar-refractivity contribution is 0.340. The molecule has 1 rings (SSSR count). The number of hydrogen-bond donors (Lipinski definition) is 1. The van der Waals surface area contributed by atoms with Crippen molar-refractivity contribution < 1.29 is 4.74 Å². The first-order valence-electron chi connectivity index (χ1n) is 7.17. The van der Waals surface area contributed by atoms with E-state index in [0.717, 1.165) is 25.4 Å². The van der Waals surface area contributed by atoms with Crippen molar-refractivity contribution in [3.05, 3.63) is 29.8 Å². The van der Waals surface area contributed by atoms with Crippen LogP contribution in [0.5, 0.6) is 5.75 Å². The molecule has 0 fully saturated rings. The number of benzene rings is 1. The quantitative estimate of drug-likeness (QED) is 0.736. The zero-order chi connectivity index (χ0) is 14.1. The number of rotatable bonds is 9. The molecule has 0 saturated heterocycles. The summed E-state index contributed by atoms with van der Waals surface area (Å²) in [5, 5.41) is 3.59. The molecule has 0 aliphatic carbocycles. The third-order valence-electron chi connectivity index (χ3n) is 3.73. The Labute approximate surface area is 122 Å². The number of thioether (sulfide) groups is 1. The van der Waals surface area contributed by atoms with Crippen LogP contribution in [0.3, 0.4) is 0 Å². The van der Waals surface area contributed by atoms with E-state index in [1.807, 2.05) is 30.8 Å². The van der Waals surface area contributed by atoms with Crippen LogP contribution in [-0.2, 0) is 6.54 Å². The Balaban J connectivity index is 2.44. The highest BCUT2D eigenvalue weighted by atomic mass is 32.2. The molecule has 0 aliphatic heterocycles. The molecule has 1 N–H and O–H groups in total. The average Bonchev–Trinajstić information content (AvgIpc) is 2.46. The summed E-state index contributed by atoms with van der Waals surface area (Å²) in [7, 11) is 0. The van der Waals surface area contributed by atoms with E-state index < -0.39 is 0 Å². The highest BCUT2D eigenvalue weighted by Gasteiger charge is 2.23. The smallest absolute Gasteiger partial charge is 0.119 e. The zero-order valence-electron chi connectivity index (χ0n) is 12.7. The normalized spacial score (nSPS) is 11.6. The molecule has 19 heavy (non-hydrogen) atoms.